The molecule has 0 bridgehead atoms. The number of ether oxygens (including phenoxy) is 1. The smallest absolute Gasteiger partial charge is 0.240 e. The molecule has 0 saturated heterocycles. The zero-order valence-electron chi connectivity index (χ0n) is 14.6. The molecular weight excluding hydrogens is 324 g/mol. The fraction of sp³-hybridized carbons (Fsp3) is 0.611. The Balaban J connectivity index is 2.30. The standard InChI is InChI=1S/C18H28N2O3S/c1-3-5-8-16(4-2)15-23-12-7-11-20-24(21,22)18-10-6-9-17(13-18)14-19/h6,9-10,13,16,20H,3-5,7-8,11-12,15H2,1-2H3. The first-order chi connectivity index (χ1) is 11.5. The van der Waals surface area contributed by atoms with Crippen LogP contribution in [-0.4, -0.2) is 28.2 Å². The van der Waals surface area contributed by atoms with Gasteiger partial charge in [-0.25, -0.2) is 13.1 Å². The molecule has 1 atom stereocenters. The summed E-state index contributed by atoms with van der Waals surface area (Å²) in [5.41, 5.74) is 0.332. The Kier molecular flexibility index (Phi) is 9.62. The van der Waals surface area contributed by atoms with E-state index < -0.39 is 10.0 Å². The summed E-state index contributed by atoms with van der Waals surface area (Å²) >= 11 is 0. The number of nitriles is 1. The zero-order valence-corrected chi connectivity index (χ0v) is 15.4. The third-order valence-corrected chi connectivity index (χ3v) is 5.39. The number of nitrogens with one attached hydrogen (secondary N) is 1. The van der Waals surface area contributed by atoms with Crippen molar-refractivity contribution in [2.45, 2.75) is 50.8 Å². The van der Waals surface area contributed by atoms with E-state index in [1.54, 1.807) is 12.1 Å². The minimum absolute atomic E-state index is 0.119. The molecule has 1 aromatic rings. The third kappa shape index (κ3) is 7.43. The summed E-state index contributed by atoms with van der Waals surface area (Å²) in [6, 6.07) is 7.95. The lowest BCUT2D eigenvalue weighted by Crippen LogP contribution is -2.25. The molecule has 0 radical (unpaired) electrons. The Hall–Kier alpha value is -1.42. The number of benzene rings is 1. The monoisotopic (exact) mass is 352 g/mol. The molecular formula is C18H28N2O3S. The third-order valence-electron chi connectivity index (χ3n) is 3.93. The molecule has 0 heterocycles. The first kappa shape index (κ1) is 20.6. The van der Waals surface area contributed by atoms with Crippen molar-refractivity contribution in [3.05, 3.63) is 29.8 Å². The Labute approximate surface area is 146 Å². The minimum atomic E-state index is -3.57. The van der Waals surface area contributed by atoms with Crippen molar-refractivity contribution in [1.82, 2.24) is 4.72 Å². The summed E-state index contributed by atoms with van der Waals surface area (Å²) in [6.45, 7) is 5.97. The van der Waals surface area contributed by atoms with Crippen LogP contribution in [0.15, 0.2) is 29.2 Å². The summed E-state index contributed by atoms with van der Waals surface area (Å²) in [4.78, 5) is 0.119. The van der Waals surface area contributed by atoms with E-state index in [1.807, 2.05) is 6.07 Å². The van der Waals surface area contributed by atoms with Crippen molar-refractivity contribution >= 4 is 10.0 Å². The molecule has 24 heavy (non-hydrogen) atoms. The Bertz CT molecular complexity index is 623. The molecule has 0 aliphatic rings. The lowest BCUT2D eigenvalue weighted by atomic mass is 10.0. The zero-order chi connectivity index (χ0) is 17.8. The number of unbranched alkanes of at least 4 members (excludes halogenated alkanes) is 1. The van der Waals surface area contributed by atoms with E-state index in [0.29, 0.717) is 31.1 Å². The highest BCUT2D eigenvalue weighted by atomic mass is 32.2. The number of rotatable bonds is 12. The summed E-state index contributed by atoms with van der Waals surface area (Å²) < 4.78 is 32.5. The van der Waals surface area contributed by atoms with Crippen molar-refractivity contribution in [2.24, 2.45) is 5.92 Å². The van der Waals surface area contributed by atoms with Crippen LogP contribution in [0.25, 0.3) is 0 Å². The van der Waals surface area contributed by atoms with Gasteiger partial charge in [0.2, 0.25) is 10.0 Å². The van der Waals surface area contributed by atoms with Crippen molar-refractivity contribution in [2.75, 3.05) is 19.8 Å². The van der Waals surface area contributed by atoms with Gasteiger partial charge in [-0.1, -0.05) is 39.2 Å². The molecule has 6 heteroatoms. The van der Waals surface area contributed by atoms with Crippen LogP contribution >= 0.6 is 0 Å². The van der Waals surface area contributed by atoms with Crippen LogP contribution < -0.4 is 4.72 Å². The van der Waals surface area contributed by atoms with Gasteiger partial charge in [0.1, 0.15) is 0 Å². The van der Waals surface area contributed by atoms with Gasteiger partial charge in [0.05, 0.1) is 16.5 Å². The first-order valence-corrected chi connectivity index (χ1v) is 10.1. The highest BCUT2D eigenvalue weighted by Crippen LogP contribution is 2.13. The first-order valence-electron chi connectivity index (χ1n) is 8.61. The number of nitrogens with zero attached hydrogens (tertiary/aromatic N) is 1. The molecule has 0 spiro atoms. The highest BCUT2D eigenvalue weighted by molar-refractivity contribution is 7.89. The van der Waals surface area contributed by atoms with Gasteiger partial charge in [0, 0.05) is 19.8 Å². The van der Waals surface area contributed by atoms with Crippen LogP contribution in [0.3, 0.4) is 0 Å². The van der Waals surface area contributed by atoms with E-state index in [4.69, 9.17) is 10.00 Å². The van der Waals surface area contributed by atoms with Crippen LogP contribution in [0, 0.1) is 17.2 Å². The normalized spacial score (nSPS) is 12.7. The second-order valence-corrected chi connectivity index (χ2v) is 7.65. The van der Waals surface area contributed by atoms with E-state index in [2.05, 4.69) is 18.6 Å². The molecule has 0 aliphatic heterocycles. The molecule has 0 fully saturated rings. The molecule has 0 aliphatic carbocycles. The summed E-state index contributed by atoms with van der Waals surface area (Å²) in [7, 11) is -3.57. The summed E-state index contributed by atoms with van der Waals surface area (Å²) in [6.07, 6.45) is 5.35. The Morgan fingerprint density at radius 2 is 2.08 bits per heavy atom. The van der Waals surface area contributed by atoms with Crippen LogP contribution in [0.5, 0.6) is 0 Å². The lowest BCUT2D eigenvalue weighted by Gasteiger charge is -2.14. The predicted octanol–water partition coefficient (Wildman–Crippen LogP) is 3.46. The second-order valence-electron chi connectivity index (χ2n) is 5.88. The number of sulfonamides is 1. The van der Waals surface area contributed by atoms with E-state index in [-0.39, 0.29) is 4.90 Å². The molecule has 0 amide bonds. The van der Waals surface area contributed by atoms with Gasteiger partial charge >= 0.3 is 0 Å². The molecule has 1 aromatic carbocycles. The van der Waals surface area contributed by atoms with Crippen LogP contribution in [-0.2, 0) is 14.8 Å². The van der Waals surface area contributed by atoms with Gasteiger partial charge in [-0.3, -0.25) is 0 Å². The molecule has 1 rings (SSSR count). The second kappa shape index (κ2) is 11.2. The van der Waals surface area contributed by atoms with E-state index in [9.17, 15) is 8.42 Å². The molecule has 1 unspecified atom stereocenters. The van der Waals surface area contributed by atoms with Crippen molar-refractivity contribution in [3.8, 4) is 6.07 Å². The predicted molar refractivity (Wildman–Crippen MR) is 95.1 cm³/mol. The van der Waals surface area contributed by atoms with Crippen LogP contribution in [0.2, 0.25) is 0 Å². The summed E-state index contributed by atoms with van der Waals surface area (Å²) in [5.74, 6) is 0.593. The Morgan fingerprint density at radius 1 is 1.29 bits per heavy atom. The average molecular weight is 353 g/mol. The largest absolute Gasteiger partial charge is 0.381 e. The average Bonchev–Trinajstić information content (AvgIpc) is 2.60. The van der Waals surface area contributed by atoms with Crippen molar-refractivity contribution in [1.29, 1.82) is 5.26 Å². The van der Waals surface area contributed by atoms with Crippen molar-refractivity contribution < 1.29 is 13.2 Å². The summed E-state index contributed by atoms with van der Waals surface area (Å²) in [5, 5.41) is 8.84. The maximum Gasteiger partial charge on any atom is 0.240 e. The SMILES string of the molecule is CCCCC(CC)COCCCNS(=O)(=O)c1cccc(C#N)c1. The van der Waals surface area contributed by atoms with Gasteiger partial charge in [-0.2, -0.15) is 5.26 Å². The molecule has 134 valence electrons. The number of hydrogen-bond donors (Lipinski definition) is 1. The van der Waals surface area contributed by atoms with Gasteiger partial charge in [-0.15, -0.1) is 0 Å². The van der Waals surface area contributed by atoms with Crippen LogP contribution in [0.1, 0.15) is 51.5 Å². The fourth-order valence-electron chi connectivity index (χ4n) is 2.35. The van der Waals surface area contributed by atoms with Crippen LogP contribution in [0.4, 0.5) is 0 Å². The van der Waals surface area contributed by atoms with E-state index in [1.165, 1.54) is 31.4 Å². The topological polar surface area (TPSA) is 79.2 Å². The highest BCUT2D eigenvalue weighted by Gasteiger charge is 2.13. The number of hydrogen-bond acceptors (Lipinski definition) is 4. The Morgan fingerprint density at radius 3 is 2.75 bits per heavy atom. The van der Waals surface area contributed by atoms with Gasteiger partial charge in [0.15, 0.2) is 0 Å². The van der Waals surface area contributed by atoms with E-state index >= 15 is 0 Å². The molecule has 1 N–H and O–H groups in total. The fourth-order valence-corrected chi connectivity index (χ4v) is 3.46. The van der Waals surface area contributed by atoms with Gasteiger partial charge in [-0.05, 0) is 37.0 Å². The minimum Gasteiger partial charge on any atom is -0.381 e. The molecule has 0 aromatic heterocycles. The maximum absolute atomic E-state index is 12.1. The van der Waals surface area contributed by atoms with Gasteiger partial charge < -0.3 is 4.74 Å². The lowest BCUT2D eigenvalue weighted by molar-refractivity contribution is 0.0928. The molecule has 5 nitrogen and oxygen atoms in total. The van der Waals surface area contributed by atoms with Crippen molar-refractivity contribution in [3.63, 3.8) is 0 Å². The van der Waals surface area contributed by atoms with Gasteiger partial charge in [0.25, 0.3) is 0 Å². The molecule has 0 saturated carbocycles. The quantitative estimate of drug-likeness (QED) is 0.584. The maximum atomic E-state index is 12.1. The van der Waals surface area contributed by atoms with E-state index in [0.717, 1.165) is 13.0 Å².